The number of carbonyl (C=O) groups is 1. The monoisotopic (exact) mass is 431 g/mol. The van der Waals surface area contributed by atoms with Crippen LogP contribution in [0.3, 0.4) is 0 Å². The number of hydrogen-bond donors (Lipinski definition) is 2. The fourth-order valence-electron chi connectivity index (χ4n) is 2.87. The van der Waals surface area contributed by atoms with Gasteiger partial charge in [-0.05, 0) is 47.7 Å². The molecule has 0 aliphatic rings. The van der Waals surface area contributed by atoms with Gasteiger partial charge in [0.05, 0.1) is 20.8 Å². The van der Waals surface area contributed by atoms with Gasteiger partial charge in [0.25, 0.3) is 10.0 Å². The fourth-order valence-corrected chi connectivity index (χ4v) is 4.90. The van der Waals surface area contributed by atoms with Crippen LogP contribution in [-0.2, 0) is 20.2 Å². The summed E-state index contributed by atoms with van der Waals surface area (Å²) in [5.74, 6) is -0.110. The molecular formula is C21H25N3O3S2. The SMILES string of the molecule is CCC(=O)Nc1nc2c(C)cc(NS(=O)(=O)c3ccc(C(C)(C)C)cc3)cc2s1. The fraction of sp³-hybridized carbons (Fsp3) is 0.333. The number of amides is 1. The topological polar surface area (TPSA) is 88.2 Å². The quantitative estimate of drug-likeness (QED) is 0.591. The van der Waals surface area contributed by atoms with Crippen molar-refractivity contribution in [2.75, 3.05) is 10.0 Å². The van der Waals surface area contributed by atoms with E-state index >= 15 is 0 Å². The molecular weight excluding hydrogens is 406 g/mol. The molecule has 1 amide bonds. The van der Waals surface area contributed by atoms with E-state index in [4.69, 9.17) is 0 Å². The highest BCUT2D eigenvalue weighted by Gasteiger charge is 2.19. The molecule has 1 aromatic heterocycles. The van der Waals surface area contributed by atoms with Crippen molar-refractivity contribution in [1.29, 1.82) is 0 Å². The first-order valence-electron chi connectivity index (χ1n) is 9.34. The Hall–Kier alpha value is -2.45. The molecule has 0 saturated carbocycles. The summed E-state index contributed by atoms with van der Waals surface area (Å²) in [6.07, 6.45) is 0.369. The van der Waals surface area contributed by atoms with Crippen LogP contribution in [0.4, 0.5) is 10.8 Å². The number of hydrogen-bond acceptors (Lipinski definition) is 5. The third-order valence-electron chi connectivity index (χ3n) is 4.54. The van der Waals surface area contributed by atoms with Gasteiger partial charge in [-0.25, -0.2) is 13.4 Å². The molecule has 2 N–H and O–H groups in total. The Balaban J connectivity index is 1.89. The molecule has 0 aliphatic heterocycles. The normalized spacial score (nSPS) is 12.2. The molecule has 3 aromatic rings. The second-order valence-electron chi connectivity index (χ2n) is 7.94. The average Bonchev–Trinajstić information content (AvgIpc) is 3.03. The Morgan fingerprint density at radius 1 is 1.14 bits per heavy atom. The molecule has 154 valence electrons. The number of nitrogens with zero attached hydrogens (tertiary/aromatic N) is 1. The molecule has 3 rings (SSSR count). The second-order valence-corrected chi connectivity index (χ2v) is 10.7. The third-order valence-corrected chi connectivity index (χ3v) is 6.85. The molecule has 0 saturated heterocycles. The zero-order valence-electron chi connectivity index (χ0n) is 17.2. The van der Waals surface area contributed by atoms with E-state index in [1.165, 1.54) is 11.3 Å². The Morgan fingerprint density at radius 2 is 1.79 bits per heavy atom. The molecule has 6 nitrogen and oxygen atoms in total. The number of nitrogens with one attached hydrogen (secondary N) is 2. The first-order valence-corrected chi connectivity index (χ1v) is 11.6. The van der Waals surface area contributed by atoms with E-state index in [0.717, 1.165) is 21.3 Å². The van der Waals surface area contributed by atoms with Crippen LogP contribution in [0.1, 0.15) is 45.2 Å². The van der Waals surface area contributed by atoms with Gasteiger partial charge in [-0.15, -0.1) is 0 Å². The Morgan fingerprint density at radius 3 is 2.38 bits per heavy atom. The van der Waals surface area contributed by atoms with Crippen molar-refractivity contribution < 1.29 is 13.2 Å². The van der Waals surface area contributed by atoms with Crippen molar-refractivity contribution >= 4 is 48.3 Å². The number of sulfonamides is 1. The van der Waals surface area contributed by atoms with Gasteiger partial charge in [0.15, 0.2) is 5.13 Å². The van der Waals surface area contributed by atoms with Crippen molar-refractivity contribution in [3.8, 4) is 0 Å². The maximum Gasteiger partial charge on any atom is 0.261 e. The predicted octanol–water partition coefficient (Wildman–Crippen LogP) is 5.05. The highest BCUT2D eigenvalue weighted by Crippen LogP contribution is 2.32. The number of rotatable bonds is 5. The molecule has 0 atom stereocenters. The van der Waals surface area contributed by atoms with E-state index < -0.39 is 10.0 Å². The summed E-state index contributed by atoms with van der Waals surface area (Å²) in [7, 11) is -3.71. The molecule has 2 aromatic carbocycles. The van der Waals surface area contributed by atoms with Crippen molar-refractivity contribution in [1.82, 2.24) is 4.98 Å². The lowest BCUT2D eigenvalue weighted by molar-refractivity contribution is -0.115. The lowest BCUT2D eigenvalue weighted by Gasteiger charge is -2.19. The van der Waals surface area contributed by atoms with Crippen molar-refractivity contribution in [2.24, 2.45) is 0 Å². The lowest BCUT2D eigenvalue weighted by atomic mass is 9.87. The summed E-state index contributed by atoms with van der Waals surface area (Å²) in [5.41, 5.74) is 3.07. The van der Waals surface area contributed by atoms with E-state index in [-0.39, 0.29) is 16.2 Å². The largest absolute Gasteiger partial charge is 0.302 e. The molecule has 0 spiro atoms. The Kier molecular flexibility index (Phi) is 5.69. The van der Waals surface area contributed by atoms with Crippen LogP contribution in [0.2, 0.25) is 0 Å². The maximum absolute atomic E-state index is 12.8. The molecule has 8 heteroatoms. The van der Waals surface area contributed by atoms with Crippen LogP contribution >= 0.6 is 11.3 Å². The summed E-state index contributed by atoms with van der Waals surface area (Å²) < 4.78 is 29.1. The van der Waals surface area contributed by atoms with Gasteiger partial charge in [-0.2, -0.15) is 0 Å². The lowest BCUT2D eigenvalue weighted by Crippen LogP contribution is -2.15. The Bertz CT molecular complexity index is 1160. The maximum atomic E-state index is 12.8. The van der Waals surface area contributed by atoms with Gasteiger partial charge in [-0.1, -0.05) is 51.2 Å². The molecule has 1 heterocycles. The Labute approximate surface area is 175 Å². The number of aryl methyl sites for hydroxylation is 1. The average molecular weight is 432 g/mol. The number of fused-ring (bicyclic) bond motifs is 1. The molecule has 0 bridgehead atoms. The van der Waals surface area contributed by atoms with E-state index in [1.54, 1.807) is 31.2 Å². The van der Waals surface area contributed by atoms with Gasteiger partial charge in [0.1, 0.15) is 0 Å². The molecule has 29 heavy (non-hydrogen) atoms. The summed E-state index contributed by atoms with van der Waals surface area (Å²) in [6.45, 7) is 9.88. The summed E-state index contributed by atoms with van der Waals surface area (Å²) in [4.78, 5) is 16.3. The second kappa shape index (κ2) is 7.76. The van der Waals surface area contributed by atoms with Crippen molar-refractivity contribution in [3.05, 3.63) is 47.5 Å². The van der Waals surface area contributed by atoms with Crippen LogP contribution in [0, 0.1) is 6.92 Å². The third kappa shape index (κ3) is 4.76. The van der Waals surface area contributed by atoms with Crippen LogP contribution in [0.5, 0.6) is 0 Å². The van der Waals surface area contributed by atoms with E-state index in [2.05, 4.69) is 35.8 Å². The van der Waals surface area contributed by atoms with E-state index in [1.807, 2.05) is 19.1 Å². The predicted molar refractivity (Wildman–Crippen MR) is 119 cm³/mol. The van der Waals surface area contributed by atoms with Gasteiger partial charge in [-0.3, -0.25) is 9.52 Å². The molecule has 0 unspecified atom stereocenters. The van der Waals surface area contributed by atoms with Crippen LogP contribution in [0.15, 0.2) is 41.3 Å². The number of carbonyl (C=O) groups excluding carboxylic acids is 1. The van der Waals surface area contributed by atoms with Crippen LogP contribution < -0.4 is 10.0 Å². The number of anilines is 2. The number of aromatic nitrogens is 1. The minimum absolute atomic E-state index is 0.0467. The highest BCUT2D eigenvalue weighted by molar-refractivity contribution is 7.92. The summed E-state index contributed by atoms with van der Waals surface area (Å²) in [6, 6.07) is 10.4. The minimum atomic E-state index is -3.71. The van der Waals surface area contributed by atoms with Crippen molar-refractivity contribution in [3.63, 3.8) is 0 Å². The van der Waals surface area contributed by atoms with Crippen LogP contribution in [-0.4, -0.2) is 19.3 Å². The zero-order chi connectivity index (χ0) is 21.4. The standard InChI is InChI=1S/C21H25N3O3S2/c1-6-18(25)22-20-23-19-13(2)11-15(12-17(19)28-20)24-29(26,27)16-9-7-14(8-10-16)21(3,4)5/h7-12,24H,6H2,1-5H3,(H,22,23,25). The molecule has 0 fully saturated rings. The van der Waals surface area contributed by atoms with Crippen molar-refractivity contribution in [2.45, 2.75) is 51.3 Å². The van der Waals surface area contributed by atoms with Gasteiger partial charge >= 0.3 is 0 Å². The van der Waals surface area contributed by atoms with Crippen LogP contribution in [0.25, 0.3) is 10.2 Å². The first-order chi connectivity index (χ1) is 13.5. The van der Waals surface area contributed by atoms with Gasteiger partial charge in [0.2, 0.25) is 5.91 Å². The number of benzene rings is 2. The highest BCUT2D eigenvalue weighted by atomic mass is 32.2. The molecule has 0 aliphatic carbocycles. The first kappa shape index (κ1) is 21.3. The molecule has 0 radical (unpaired) electrons. The van der Waals surface area contributed by atoms with E-state index in [0.29, 0.717) is 17.2 Å². The van der Waals surface area contributed by atoms with Gasteiger partial charge < -0.3 is 5.32 Å². The summed E-state index contributed by atoms with van der Waals surface area (Å²) in [5, 5.41) is 3.26. The minimum Gasteiger partial charge on any atom is -0.302 e. The smallest absolute Gasteiger partial charge is 0.261 e. The van der Waals surface area contributed by atoms with E-state index in [9.17, 15) is 13.2 Å². The summed E-state index contributed by atoms with van der Waals surface area (Å²) >= 11 is 1.32. The van der Waals surface area contributed by atoms with Gasteiger partial charge in [0, 0.05) is 6.42 Å². The number of thiazole rings is 1. The zero-order valence-corrected chi connectivity index (χ0v) is 18.8.